The SMILES string of the molecule is CC(C)(C)CNC(=O)Nc1cccc(CCC(=O)O)c1. The van der Waals surface area contributed by atoms with Crippen LogP contribution in [0.1, 0.15) is 32.8 Å². The number of nitrogens with one attached hydrogen (secondary N) is 2. The number of anilines is 1. The zero-order valence-corrected chi connectivity index (χ0v) is 12.2. The molecule has 2 amide bonds. The first kappa shape index (κ1) is 16.0. The minimum Gasteiger partial charge on any atom is -0.481 e. The van der Waals surface area contributed by atoms with Gasteiger partial charge in [-0.05, 0) is 29.5 Å². The Labute approximate surface area is 119 Å². The first-order valence-corrected chi connectivity index (χ1v) is 6.62. The van der Waals surface area contributed by atoms with Gasteiger partial charge in [0.2, 0.25) is 0 Å². The molecule has 0 aliphatic carbocycles. The van der Waals surface area contributed by atoms with Crippen molar-refractivity contribution >= 4 is 17.7 Å². The standard InChI is InChI=1S/C15H22N2O3/c1-15(2,3)10-16-14(20)17-12-6-4-5-11(9-12)7-8-13(18)19/h4-6,9H,7-8,10H2,1-3H3,(H,18,19)(H2,16,17,20). The van der Waals surface area contributed by atoms with Crippen LogP contribution in [0, 0.1) is 5.41 Å². The zero-order chi connectivity index (χ0) is 15.2. The molecular weight excluding hydrogens is 256 g/mol. The maximum absolute atomic E-state index is 11.7. The van der Waals surface area contributed by atoms with Gasteiger partial charge < -0.3 is 15.7 Å². The second kappa shape index (κ2) is 6.93. The molecule has 110 valence electrons. The summed E-state index contributed by atoms with van der Waals surface area (Å²) >= 11 is 0. The van der Waals surface area contributed by atoms with Gasteiger partial charge >= 0.3 is 12.0 Å². The Bertz CT molecular complexity index is 478. The van der Waals surface area contributed by atoms with Crippen molar-refractivity contribution in [2.75, 3.05) is 11.9 Å². The minimum absolute atomic E-state index is 0.0284. The Morgan fingerprint density at radius 2 is 1.95 bits per heavy atom. The number of carbonyl (C=O) groups excluding carboxylic acids is 1. The second-order valence-corrected chi connectivity index (χ2v) is 5.96. The Kier molecular flexibility index (Phi) is 5.55. The molecule has 0 saturated heterocycles. The number of benzene rings is 1. The highest BCUT2D eigenvalue weighted by molar-refractivity contribution is 5.89. The van der Waals surface area contributed by atoms with Crippen LogP contribution in [0.25, 0.3) is 0 Å². The molecule has 0 bridgehead atoms. The Hall–Kier alpha value is -2.04. The lowest BCUT2D eigenvalue weighted by molar-refractivity contribution is -0.136. The molecule has 1 aromatic carbocycles. The van der Waals surface area contributed by atoms with Crippen LogP contribution in [-0.2, 0) is 11.2 Å². The zero-order valence-electron chi connectivity index (χ0n) is 12.2. The van der Waals surface area contributed by atoms with Gasteiger partial charge in [-0.25, -0.2) is 4.79 Å². The quantitative estimate of drug-likeness (QED) is 0.775. The van der Waals surface area contributed by atoms with E-state index in [0.717, 1.165) is 5.56 Å². The third-order valence-electron chi connectivity index (χ3n) is 2.59. The Morgan fingerprint density at radius 1 is 1.25 bits per heavy atom. The van der Waals surface area contributed by atoms with E-state index < -0.39 is 5.97 Å². The van der Waals surface area contributed by atoms with E-state index in [-0.39, 0.29) is 17.9 Å². The van der Waals surface area contributed by atoms with E-state index in [1.54, 1.807) is 18.2 Å². The van der Waals surface area contributed by atoms with E-state index >= 15 is 0 Å². The van der Waals surface area contributed by atoms with Gasteiger partial charge in [-0.2, -0.15) is 0 Å². The summed E-state index contributed by atoms with van der Waals surface area (Å²) in [4.78, 5) is 22.3. The van der Waals surface area contributed by atoms with E-state index in [0.29, 0.717) is 18.7 Å². The molecule has 0 atom stereocenters. The molecule has 0 radical (unpaired) electrons. The van der Waals surface area contributed by atoms with Crippen LogP contribution >= 0.6 is 0 Å². The summed E-state index contributed by atoms with van der Waals surface area (Å²) < 4.78 is 0. The lowest BCUT2D eigenvalue weighted by Gasteiger charge is -2.19. The van der Waals surface area contributed by atoms with Gasteiger partial charge in [-0.15, -0.1) is 0 Å². The molecule has 1 rings (SSSR count). The van der Waals surface area contributed by atoms with Gasteiger partial charge in [0.15, 0.2) is 0 Å². The fraction of sp³-hybridized carbons (Fsp3) is 0.467. The number of hydrogen-bond acceptors (Lipinski definition) is 2. The molecule has 0 spiro atoms. The third kappa shape index (κ3) is 6.78. The summed E-state index contributed by atoms with van der Waals surface area (Å²) in [5.41, 5.74) is 1.58. The molecule has 5 heteroatoms. The molecule has 0 unspecified atom stereocenters. The van der Waals surface area contributed by atoms with Crippen LogP contribution in [0.5, 0.6) is 0 Å². The molecule has 20 heavy (non-hydrogen) atoms. The molecule has 1 aromatic rings. The highest BCUT2D eigenvalue weighted by atomic mass is 16.4. The maximum atomic E-state index is 11.7. The number of carboxylic acids is 1. The smallest absolute Gasteiger partial charge is 0.319 e. The molecule has 0 aromatic heterocycles. The summed E-state index contributed by atoms with van der Waals surface area (Å²) in [6, 6.07) is 6.97. The van der Waals surface area contributed by atoms with Gasteiger partial charge in [0.05, 0.1) is 0 Å². The van der Waals surface area contributed by atoms with E-state index in [4.69, 9.17) is 5.11 Å². The van der Waals surface area contributed by atoms with E-state index in [2.05, 4.69) is 10.6 Å². The minimum atomic E-state index is -0.828. The number of rotatable bonds is 5. The Balaban J connectivity index is 2.53. The number of carboxylic acid groups (broad SMARTS) is 1. The van der Waals surface area contributed by atoms with Crippen LogP contribution in [0.15, 0.2) is 24.3 Å². The topological polar surface area (TPSA) is 78.4 Å². The van der Waals surface area contributed by atoms with Crippen molar-refractivity contribution in [1.29, 1.82) is 0 Å². The van der Waals surface area contributed by atoms with Crippen molar-refractivity contribution in [1.82, 2.24) is 5.32 Å². The summed E-state index contributed by atoms with van der Waals surface area (Å²) in [7, 11) is 0. The van der Waals surface area contributed by atoms with Crippen LogP contribution in [0.3, 0.4) is 0 Å². The van der Waals surface area contributed by atoms with Crippen LogP contribution in [0.2, 0.25) is 0 Å². The van der Waals surface area contributed by atoms with Crippen molar-refractivity contribution in [2.24, 2.45) is 5.41 Å². The maximum Gasteiger partial charge on any atom is 0.319 e. The average Bonchev–Trinajstić information content (AvgIpc) is 2.34. The van der Waals surface area contributed by atoms with Crippen LogP contribution in [-0.4, -0.2) is 23.7 Å². The molecule has 0 aliphatic rings. The molecule has 0 fully saturated rings. The van der Waals surface area contributed by atoms with E-state index in [1.807, 2.05) is 26.8 Å². The predicted molar refractivity (Wildman–Crippen MR) is 78.9 cm³/mol. The van der Waals surface area contributed by atoms with Gasteiger partial charge in [-0.1, -0.05) is 32.9 Å². The van der Waals surface area contributed by atoms with Gasteiger partial charge in [0.25, 0.3) is 0 Å². The van der Waals surface area contributed by atoms with E-state index in [9.17, 15) is 9.59 Å². The summed E-state index contributed by atoms with van der Waals surface area (Å²) in [6.07, 6.45) is 0.536. The first-order chi connectivity index (χ1) is 9.26. The molecular formula is C15H22N2O3. The third-order valence-corrected chi connectivity index (χ3v) is 2.59. The lowest BCUT2D eigenvalue weighted by Crippen LogP contribution is -2.35. The van der Waals surface area contributed by atoms with Crippen molar-refractivity contribution in [3.8, 4) is 0 Å². The number of urea groups is 1. The molecule has 0 heterocycles. The molecule has 0 aliphatic heterocycles. The summed E-state index contributed by atoms with van der Waals surface area (Å²) in [5, 5.41) is 14.2. The highest BCUT2D eigenvalue weighted by Gasteiger charge is 2.11. The fourth-order valence-corrected chi connectivity index (χ4v) is 1.58. The number of aryl methyl sites for hydroxylation is 1. The van der Waals surface area contributed by atoms with Crippen molar-refractivity contribution in [3.63, 3.8) is 0 Å². The van der Waals surface area contributed by atoms with E-state index in [1.165, 1.54) is 0 Å². The predicted octanol–water partition coefficient (Wildman–Crippen LogP) is 2.87. The average molecular weight is 278 g/mol. The van der Waals surface area contributed by atoms with Crippen molar-refractivity contribution in [3.05, 3.63) is 29.8 Å². The largest absolute Gasteiger partial charge is 0.481 e. The summed E-state index contributed by atoms with van der Waals surface area (Å²) in [5.74, 6) is -0.828. The van der Waals surface area contributed by atoms with Gasteiger partial charge in [-0.3, -0.25) is 4.79 Å². The normalized spacial score (nSPS) is 10.9. The first-order valence-electron chi connectivity index (χ1n) is 6.62. The van der Waals surface area contributed by atoms with Gasteiger partial charge in [0, 0.05) is 18.7 Å². The molecule has 3 N–H and O–H groups in total. The monoisotopic (exact) mass is 278 g/mol. The number of carbonyl (C=O) groups is 2. The highest BCUT2D eigenvalue weighted by Crippen LogP contribution is 2.13. The van der Waals surface area contributed by atoms with Crippen LogP contribution in [0.4, 0.5) is 10.5 Å². The Morgan fingerprint density at radius 3 is 2.55 bits per heavy atom. The van der Waals surface area contributed by atoms with Crippen molar-refractivity contribution in [2.45, 2.75) is 33.6 Å². The molecule has 0 saturated carbocycles. The van der Waals surface area contributed by atoms with Gasteiger partial charge in [0.1, 0.15) is 0 Å². The summed E-state index contributed by atoms with van der Waals surface area (Å²) in [6.45, 7) is 6.71. The van der Waals surface area contributed by atoms with Crippen LogP contribution < -0.4 is 10.6 Å². The number of aliphatic carboxylic acids is 1. The lowest BCUT2D eigenvalue weighted by atomic mass is 9.97. The molecule has 5 nitrogen and oxygen atoms in total. The fourth-order valence-electron chi connectivity index (χ4n) is 1.58. The number of amides is 2. The van der Waals surface area contributed by atoms with Crippen molar-refractivity contribution < 1.29 is 14.7 Å². The number of hydrogen-bond donors (Lipinski definition) is 3. The second-order valence-electron chi connectivity index (χ2n) is 5.96.